The van der Waals surface area contributed by atoms with E-state index in [-0.39, 0.29) is 23.5 Å². The first-order valence-electron chi connectivity index (χ1n) is 6.93. The van der Waals surface area contributed by atoms with Crippen molar-refractivity contribution in [2.24, 2.45) is 17.0 Å². The summed E-state index contributed by atoms with van der Waals surface area (Å²) < 4.78 is 22.4. The summed E-state index contributed by atoms with van der Waals surface area (Å²) in [4.78, 5) is 19.3. The Bertz CT molecular complexity index is 612. The minimum Gasteiger partial charge on any atom is -0.342 e. The van der Waals surface area contributed by atoms with Crippen LogP contribution in [-0.2, 0) is 21.2 Å². The van der Waals surface area contributed by atoms with E-state index in [4.69, 9.17) is 5.14 Å². The van der Waals surface area contributed by atoms with E-state index in [9.17, 15) is 13.2 Å². The maximum Gasteiger partial charge on any atom is 0.222 e. The number of hydrogen-bond acceptors (Lipinski definition) is 5. The number of hydrogen-bond donors (Lipinski definition) is 1. The summed E-state index contributed by atoms with van der Waals surface area (Å²) in [6, 6.07) is 0. The zero-order valence-corrected chi connectivity index (χ0v) is 13.9. The number of nitrogens with zero attached hydrogens (tertiary/aromatic N) is 2. The highest BCUT2D eigenvalue weighted by molar-refractivity contribution is 7.89. The number of aromatic nitrogens is 1. The molecule has 0 unspecified atom stereocenters. The van der Waals surface area contributed by atoms with E-state index >= 15 is 0 Å². The third kappa shape index (κ3) is 4.49. The molecule has 2 rings (SSSR count). The number of aryl methyl sites for hydroxylation is 2. The first-order chi connectivity index (χ1) is 9.76. The predicted octanol–water partition coefficient (Wildman–Crippen LogP) is 0.767. The van der Waals surface area contributed by atoms with Gasteiger partial charge in [-0.25, -0.2) is 18.5 Å². The summed E-state index contributed by atoms with van der Waals surface area (Å²) in [5.74, 6) is 0.129. The summed E-state index contributed by atoms with van der Waals surface area (Å²) in [5.41, 5.74) is 2.77. The maximum atomic E-state index is 12.2. The molecule has 0 aromatic carbocycles. The number of carbonyl (C=O) groups is 1. The fraction of sp³-hybridized carbons (Fsp3) is 0.692. The van der Waals surface area contributed by atoms with Crippen LogP contribution < -0.4 is 5.14 Å². The normalized spacial score (nSPS) is 22.7. The van der Waals surface area contributed by atoms with Gasteiger partial charge in [-0.3, -0.25) is 4.79 Å². The molecule has 1 saturated heterocycles. The highest BCUT2D eigenvalue weighted by Crippen LogP contribution is 2.25. The largest absolute Gasteiger partial charge is 0.342 e. The van der Waals surface area contributed by atoms with Gasteiger partial charge in [-0.05, 0) is 25.2 Å². The average molecular weight is 331 g/mol. The van der Waals surface area contributed by atoms with Crippen LogP contribution in [0.4, 0.5) is 0 Å². The molecule has 2 N–H and O–H groups in total. The van der Waals surface area contributed by atoms with E-state index < -0.39 is 10.0 Å². The van der Waals surface area contributed by atoms with E-state index in [1.807, 2.05) is 13.8 Å². The van der Waals surface area contributed by atoms with Crippen LogP contribution in [0.5, 0.6) is 0 Å². The van der Waals surface area contributed by atoms with Crippen molar-refractivity contribution in [3.63, 3.8) is 0 Å². The van der Waals surface area contributed by atoms with Crippen molar-refractivity contribution in [1.82, 2.24) is 9.88 Å². The van der Waals surface area contributed by atoms with Crippen LogP contribution in [0.25, 0.3) is 0 Å². The van der Waals surface area contributed by atoms with Crippen LogP contribution in [0.2, 0.25) is 0 Å². The molecule has 0 saturated carbocycles. The zero-order valence-electron chi connectivity index (χ0n) is 12.3. The Hall–Kier alpha value is -0.990. The molecule has 2 heterocycles. The SMILES string of the molecule is Cc1ncsc1CCC(=O)N1C[C@@H](CS(N)(=O)=O)[C@H](C)C1. The molecule has 8 heteroatoms. The molecule has 1 aromatic heterocycles. The lowest BCUT2D eigenvalue weighted by atomic mass is 10.0. The molecule has 2 atom stereocenters. The van der Waals surface area contributed by atoms with Gasteiger partial charge < -0.3 is 4.90 Å². The molecular weight excluding hydrogens is 310 g/mol. The topological polar surface area (TPSA) is 93.4 Å². The molecule has 0 aliphatic carbocycles. The average Bonchev–Trinajstić information content (AvgIpc) is 2.92. The van der Waals surface area contributed by atoms with Crippen molar-refractivity contribution in [2.45, 2.75) is 26.7 Å². The quantitative estimate of drug-likeness (QED) is 0.862. The van der Waals surface area contributed by atoms with Crippen LogP contribution in [-0.4, -0.2) is 43.1 Å². The second-order valence-electron chi connectivity index (χ2n) is 5.73. The lowest BCUT2D eigenvalue weighted by molar-refractivity contribution is -0.130. The van der Waals surface area contributed by atoms with E-state index in [0.717, 1.165) is 10.6 Å². The summed E-state index contributed by atoms with van der Waals surface area (Å²) >= 11 is 1.57. The van der Waals surface area contributed by atoms with Crippen molar-refractivity contribution in [3.05, 3.63) is 16.1 Å². The Morgan fingerprint density at radius 3 is 2.81 bits per heavy atom. The van der Waals surface area contributed by atoms with Gasteiger partial charge >= 0.3 is 0 Å². The predicted molar refractivity (Wildman–Crippen MR) is 82.4 cm³/mol. The van der Waals surface area contributed by atoms with Crippen molar-refractivity contribution < 1.29 is 13.2 Å². The van der Waals surface area contributed by atoms with Crippen molar-refractivity contribution in [2.75, 3.05) is 18.8 Å². The standard InChI is InChI=1S/C13H21N3O3S2/c1-9-5-16(6-11(9)7-21(14,18)19)13(17)4-3-12-10(2)15-8-20-12/h8-9,11H,3-7H2,1-2H3,(H2,14,18,19)/t9-,11+/m1/s1. The highest BCUT2D eigenvalue weighted by atomic mass is 32.2. The number of primary sulfonamides is 1. The third-order valence-corrected chi connectivity index (χ3v) is 5.87. The second-order valence-corrected chi connectivity index (χ2v) is 8.32. The van der Waals surface area contributed by atoms with Gasteiger partial charge in [0.05, 0.1) is 17.0 Å². The number of rotatable bonds is 5. The zero-order chi connectivity index (χ0) is 15.6. The van der Waals surface area contributed by atoms with Gasteiger partial charge in [0.15, 0.2) is 0 Å². The molecule has 0 spiro atoms. The first-order valence-corrected chi connectivity index (χ1v) is 9.53. The van der Waals surface area contributed by atoms with Crippen LogP contribution in [0.1, 0.15) is 23.9 Å². The smallest absolute Gasteiger partial charge is 0.222 e. The van der Waals surface area contributed by atoms with Crippen molar-refractivity contribution in [3.8, 4) is 0 Å². The van der Waals surface area contributed by atoms with E-state index in [2.05, 4.69) is 4.98 Å². The van der Waals surface area contributed by atoms with Crippen LogP contribution >= 0.6 is 11.3 Å². The van der Waals surface area contributed by atoms with Gasteiger partial charge in [0.25, 0.3) is 0 Å². The van der Waals surface area contributed by atoms with Gasteiger partial charge in [-0.1, -0.05) is 6.92 Å². The minimum absolute atomic E-state index is 0.0497. The molecule has 1 aliphatic heterocycles. The number of nitrogens with two attached hydrogens (primary N) is 1. The Balaban J connectivity index is 1.88. The summed E-state index contributed by atoms with van der Waals surface area (Å²) in [5, 5.41) is 5.10. The Morgan fingerprint density at radius 1 is 1.52 bits per heavy atom. The van der Waals surface area contributed by atoms with Crippen molar-refractivity contribution in [1.29, 1.82) is 0 Å². The molecule has 21 heavy (non-hydrogen) atoms. The fourth-order valence-electron chi connectivity index (χ4n) is 2.70. The molecule has 118 valence electrons. The molecule has 1 aromatic rings. The number of sulfonamides is 1. The van der Waals surface area contributed by atoms with Gasteiger partial charge in [0, 0.05) is 24.4 Å². The van der Waals surface area contributed by atoms with Gasteiger partial charge in [0.2, 0.25) is 15.9 Å². The molecule has 6 nitrogen and oxygen atoms in total. The lowest BCUT2D eigenvalue weighted by Crippen LogP contribution is -2.31. The summed E-state index contributed by atoms with van der Waals surface area (Å²) in [6.45, 7) is 5.01. The van der Waals surface area contributed by atoms with Crippen LogP contribution in [0.3, 0.4) is 0 Å². The van der Waals surface area contributed by atoms with Crippen molar-refractivity contribution >= 4 is 27.3 Å². The Labute approximate surface area is 129 Å². The number of carbonyl (C=O) groups excluding carboxylic acids is 1. The van der Waals surface area contributed by atoms with Crippen LogP contribution in [0, 0.1) is 18.8 Å². The fourth-order valence-corrected chi connectivity index (χ4v) is 4.51. The number of amides is 1. The van der Waals surface area contributed by atoms with E-state index in [1.165, 1.54) is 0 Å². The maximum absolute atomic E-state index is 12.2. The first kappa shape index (κ1) is 16.4. The molecule has 0 bridgehead atoms. The van der Waals surface area contributed by atoms with Gasteiger partial charge in [-0.2, -0.15) is 0 Å². The third-order valence-electron chi connectivity index (χ3n) is 3.98. The highest BCUT2D eigenvalue weighted by Gasteiger charge is 2.34. The second kappa shape index (κ2) is 6.41. The molecule has 0 radical (unpaired) electrons. The summed E-state index contributed by atoms with van der Waals surface area (Å²) in [7, 11) is -3.49. The minimum atomic E-state index is -3.49. The summed E-state index contributed by atoms with van der Waals surface area (Å²) in [6.07, 6.45) is 1.14. The van der Waals surface area contributed by atoms with Gasteiger partial charge in [0.1, 0.15) is 0 Å². The van der Waals surface area contributed by atoms with E-state index in [1.54, 1.807) is 21.7 Å². The Morgan fingerprint density at radius 2 is 2.24 bits per heavy atom. The van der Waals surface area contributed by atoms with Gasteiger partial charge in [-0.15, -0.1) is 11.3 Å². The lowest BCUT2D eigenvalue weighted by Gasteiger charge is -2.16. The molecule has 1 fully saturated rings. The Kier molecular flexibility index (Phi) is 5.00. The van der Waals surface area contributed by atoms with E-state index in [0.29, 0.717) is 25.9 Å². The molecular formula is C13H21N3O3S2. The number of likely N-dealkylation sites (tertiary alicyclic amines) is 1. The molecule has 1 aliphatic rings. The monoisotopic (exact) mass is 331 g/mol. The number of thiazole rings is 1. The van der Waals surface area contributed by atoms with Crippen LogP contribution in [0.15, 0.2) is 5.51 Å². The molecule has 1 amide bonds.